The maximum atomic E-state index is 3.77. The van der Waals surface area contributed by atoms with Gasteiger partial charge in [-0.3, -0.25) is 0 Å². The van der Waals surface area contributed by atoms with Gasteiger partial charge < -0.3 is 10.2 Å². The van der Waals surface area contributed by atoms with Crippen LogP contribution in [0.1, 0.15) is 71.1 Å². The number of nitrogens with zero attached hydrogens (tertiary/aromatic N) is 1. The predicted octanol–water partition coefficient (Wildman–Crippen LogP) is 3.81. The Morgan fingerprint density at radius 2 is 1.58 bits per heavy atom. The fourth-order valence-electron chi connectivity index (χ4n) is 3.13. The van der Waals surface area contributed by atoms with Crippen molar-refractivity contribution in [2.45, 2.75) is 77.2 Å². The molecule has 1 aliphatic heterocycles. The van der Waals surface area contributed by atoms with E-state index in [0.717, 1.165) is 12.0 Å². The summed E-state index contributed by atoms with van der Waals surface area (Å²) in [6.45, 7) is 7.60. The molecule has 1 N–H and O–H groups in total. The van der Waals surface area contributed by atoms with E-state index >= 15 is 0 Å². The lowest BCUT2D eigenvalue weighted by Crippen LogP contribution is -2.43. The summed E-state index contributed by atoms with van der Waals surface area (Å²) in [4.78, 5) is 2.69. The fraction of sp³-hybridized carbons (Fsp3) is 1.00. The van der Waals surface area contributed by atoms with E-state index in [1.165, 1.54) is 90.4 Å². The van der Waals surface area contributed by atoms with Crippen LogP contribution in [0.15, 0.2) is 0 Å². The highest BCUT2D eigenvalue weighted by molar-refractivity contribution is 4.81. The summed E-state index contributed by atoms with van der Waals surface area (Å²) < 4.78 is 0. The number of hydrogen-bond acceptors (Lipinski definition) is 2. The van der Waals surface area contributed by atoms with Crippen LogP contribution in [0.4, 0.5) is 0 Å². The highest BCUT2D eigenvalue weighted by Gasteiger charge is 2.24. The van der Waals surface area contributed by atoms with Crippen LogP contribution in [0.3, 0.4) is 0 Å². The third-order valence-electron chi connectivity index (χ3n) is 4.81. The van der Waals surface area contributed by atoms with E-state index < -0.39 is 0 Å². The largest absolute Gasteiger partial charge is 0.314 e. The second-order valence-electron chi connectivity index (χ2n) is 6.74. The average molecular weight is 266 g/mol. The van der Waals surface area contributed by atoms with Gasteiger partial charge >= 0.3 is 0 Å². The lowest BCUT2D eigenvalue weighted by molar-refractivity contribution is 0.193. The molecular formula is C17H34N2. The van der Waals surface area contributed by atoms with Crippen LogP contribution in [0.2, 0.25) is 0 Å². The molecule has 1 saturated heterocycles. The van der Waals surface area contributed by atoms with Crippen LogP contribution < -0.4 is 5.32 Å². The van der Waals surface area contributed by atoms with Gasteiger partial charge in [0.05, 0.1) is 0 Å². The van der Waals surface area contributed by atoms with Crippen LogP contribution in [0, 0.1) is 5.92 Å². The van der Waals surface area contributed by atoms with Crippen molar-refractivity contribution in [2.75, 3.05) is 26.2 Å². The molecule has 2 aliphatic rings. The molecule has 1 aliphatic carbocycles. The summed E-state index contributed by atoms with van der Waals surface area (Å²) in [6, 6.07) is 0.821. The van der Waals surface area contributed by atoms with Gasteiger partial charge in [0.25, 0.3) is 0 Å². The van der Waals surface area contributed by atoms with Crippen molar-refractivity contribution in [3.63, 3.8) is 0 Å². The molecule has 19 heavy (non-hydrogen) atoms. The number of unbranched alkanes of at least 4 members (excludes halogenated alkanes) is 5. The van der Waals surface area contributed by atoms with Gasteiger partial charge in [0, 0.05) is 6.04 Å². The Balaban J connectivity index is 1.42. The molecule has 0 radical (unpaired) electrons. The lowest BCUT2D eigenvalue weighted by Gasteiger charge is -2.32. The first-order valence-electron chi connectivity index (χ1n) is 8.84. The molecule has 0 atom stereocenters. The quantitative estimate of drug-likeness (QED) is 0.605. The molecule has 0 spiro atoms. The van der Waals surface area contributed by atoms with E-state index in [1.807, 2.05) is 0 Å². The van der Waals surface area contributed by atoms with Gasteiger partial charge in [-0.2, -0.15) is 0 Å². The van der Waals surface area contributed by atoms with E-state index in [1.54, 1.807) is 0 Å². The van der Waals surface area contributed by atoms with E-state index in [2.05, 4.69) is 17.1 Å². The monoisotopic (exact) mass is 266 g/mol. The highest BCUT2D eigenvalue weighted by Crippen LogP contribution is 2.28. The topological polar surface area (TPSA) is 15.3 Å². The number of nitrogens with one attached hydrogen (secondary N) is 1. The molecule has 0 amide bonds. The van der Waals surface area contributed by atoms with E-state index in [9.17, 15) is 0 Å². The Kier molecular flexibility index (Phi) is 7.23. The second-order valence-corrected chi connectivity index (χ2v) is 6.74. The summed E-state index contributed by atoms with van der Waals surface area (Å²) in [6.07, 6.45) is 14.3. The summed E-state index contributed by atoms with van der Waals surface area (Å²) in [5, 5.41) is 3.77. The van der Waals surface area contributed by atoms with E-state index in [-0.39, 0.29) is 0 Å². The van der Waals surface area contributed by atoms with Gasteiger partial charge in [-0.25, -0.2) is 0 Å². The Morgan fingerprint density at radius 3 is 2.26 bits per heavy atom. The number of likely N-dealkylation sites (tertiary alicyclic amines) is 1. The van der Waals surface area contributed by atoms with Gasteiger partial charge in [0.2, 0.25) is 0 Å². The molecule has 2 heteroatoms. The van der Waals surface area contributed by atoms with Crippen LogP contribution in [0.25, 0.3) is 0 Å². The lowest BCUT2D eigenvalue weighted by atomic mass is 10.0. The zero-order valence-corrected chi connectivity index (χ0v) is 13.0. The first-order valence-corrected chi connectivity index (χ1v) is 8.84. The molecule has 0 aromatic rings. The molecule has 1 saturated carbocycles. The maximum Gasteiger partial charge on any atom is 0.00915 e. The van der Waals surface area contributed by atoms with Crippen LogP contribution in [-0.2, 0) is 0 Å². The fourth-order valence-corrected chi connectivity index (χ4v) is 3.13. The van der Waals surface area contributed by atoms with E-state index in [4.69, 9.17) is 0 Å². The Hall–Kier alpha value is -0.0800. The minimum Gasteiger partial charge on any atom is -0.314 e. The minimum atomic E-state index is 0.821. The second kappa shape index (κ2) is 8.97. The first kappa shape index (κ1) is 15.3. The molecule has 2 rings (SSSR count). The van der Waals surface area contributed by atoms with Crippen molar-refractivity contribution in [1.82, 2.24) is 10.2 Å². The van der Waals surface area contributed by atoms with Gasteiger partial charge in [-0.15, -0.1) is 0 Å². The van der Waals surface area contributed by atoms with Gasteiger partial charge in [-0.1, -0.05) is 39.0 Å². The highest BCUT2D eigenvalue weighted by atomic mass is 15.1. The third-order valence-corrected chi connectivity index (χ3v) is 4.81. The van der Waals surface area contributed by atoms with Crippen molar-refractivity contribution in [3.8, 4) is 0 Å². The molecule has 0 aromatic carbocycles. The van der Waals surface area contributed by atoms with Gasteiger partial charge in [-0.05, 0) is 64.2 Å². The standard InChI is InChI=1S/C17H34N2/c1-2-3-4-5-6-7-12-19-13-10-17(11-14-19)18-15-16-8-9-16/h16-18H,2-15H2,1H3. The Labute approximate surface area is 120 Å². The Bertz CT molecular complexity index is 217. The van der Waals surface area contributed by atoms with Gasteiger partial charge in [0.1, 0.15) is 0 Å². The zero-order chi connectivity index (χ0) is 13.3. The van der Waals surface area contributed by atoms with Gasteiger partial charge in [0.15, 0.2) is 0 Å². The molecule has 1 heterocycles. The SMILES string of the molecule is CCCCCCCCN1CCC(NCC2CC2)CC1. The summed E-state index contributed by atoms with van der Waals surface area (Å²) >= 11 is 0. The minimum absolute atomic E-state index is 0.821. The molecule has 0 bridgehead atoms. The molecule has 2 nitrogen and oxygen atoms in total. The Morgan fingerprint density at radius 1 is 0.895 bits per heavy atom. The number of piperidine rings is 1. The molecule has 112 valence electrons. The first-order chi connectivity index (χ1) is 9.38. The van der Waals surface area contributed by atoms with Crippen molar-refractivity contribution in [1.29, 1.82) is 0 Å². The zero-order valence-electron chi connectivity index (χ0n) is 13.0. The molecule has 2 fully saturated rings. The molecular weight excluding hydrogens is 232 g/mol. The van der Waals surface area contributed by atoms with Crippen LogP contribution in [0.5, 0.6) is 0 Å². The molecule has 0 unspecified atom stereocenters. The summed E-state index contributed by atoms with van der Waals surface area (Å²) in [7, 11) is 0. The van der Waals surface area contributed by atoms with Crippen LogP contribution >= 0.6 is 0 Å². The number of rotatable bonds is 10. The van der Waals surface area contributed by atoms with Crippen molar-refractivity contribution in [2.24, 2.45) is 5.92 Å². The predicted molar refractivity (Wildman–Crippen MR) is 83.6 cm³/mol. The summed E-state index contributed by atoms with van der Waals surface area (Å²) in [5.41, 5.74) is 0. The van der Waals surface area contributed by atoms with Crippen molar-refractivity contribution < 1.29 is 0 Å². The molecule has 0 aromatic heterocycles. The normalized spacial score (nSPS) is 21.9. The van der Waals surface area contributed by atoms with Crippen LogP contribution in [-0.4, -0.2) is 37.1 Å². The maximum absolute atomic E-state index is 3.77. The summed E-state index contributed by atoms with van der Waals surface area (Å²) in [5.74, 6) is 1.03. The van der Waals surface area contributed by atoms with Crippen molar-refractivity contribution >= 4 is 0 Å². The third kappa shape index (κ3) is 6.76. The number of hydrogen-bond donors (Lipinski definition) is 1. The van der Waals surface area contributed by atoms with Crippen molar-refractivity contribution in [3.05, 3.63) is 0 Å². The van der Waals surface area contributed by atoms with E-state index in [0.29, 0.717) is 0 Å². The smallest absolute Gasteiger partial charge is 0.00915 e. The average Bonchev–Trinajstić information content (AvgIpc) is 3.26.